The first-order valence-electron chi connectivity index (χ1n) is 9.49. The van der Waals surface area contributed by atoms with Gasteiger partial charge in [0.25, 0.3) is 5.91 Å². The lowest BCUT2D eigenvalue weighted by molar-refractivity contribution is -0.122. The fraction of sp³-hybridized carbons (Fsp3) is 0.273. The molecule has 0 N–H and O–H groups in total. The molecule has 7 heteroatoms. The number of anilines is 1. The lowest BCUT2D eigenvalue weighted by atomic mass is 10.1. The molecule has 0 unspecified atom stereocenters. The number of rotatable bonds is 4. The van der Waals surface area contributed by atoms with Crippen LogP contribution in [0.25, 0.3) is 0 Å². The predicted octanol–water partition coefficient (Wildman–Crippen LogP) is 5.12. The Morgan fingerprint density at radius 2 is 1.90 bits per heavy atom. The minimum atomic E-state index is -0.0136. The van der Waals surface area contributed by atoms with Gasteiger partial charge in [0.1, 0.15) is 10.7 Å². The Labute approximate surface area is 179 Å². The van der Waals surface area contributed by atoms with E-state index in [1.807, 2.05) is 50.4 Å². The van der Waals surface area contributed by atoms with Crippen molar-refractivity contribution >= 4 is 40.3 Å². The van der Waals surface area contributed by atoms with Gasteiger partial charge >= 0.3 is 0 Å². The first kappa shape index (κ1) is 19.9. The van der Waals surface area contributed by atoms with Crippen LogP contribution < -0.4 is 9.64 Å². The van der Waals surface area contributed by atoms with E-state index in [1.54, 1.807) is 23.8 Å². The third-order valence-corrected chi connectivity index (χ3v) is 7.45. The van der Waals surface area contributed by atoms with E-state index >= 15 is 0 Å². The average Bonchev–Trinajstić information content (AvgIpc) is 3.24. The number of hydrogen-bond acceptors (Lipinski definition) is 6. The van der Waals surface area contributed by atoms with Crippen LogP contribution in [-0.4, -0.2) is 36.7 Å². The van der Waals surface area contributed by atoms with Crippen molar-refractivity contribution < 1.29 is 9.53 Å². The summed E-state index contributed by atoms with van der Waals surface area (Å²) >= 11 is 3.09. The molecule has 0 bridgehead atoms. The van der Waals surface area contributed by atoms with Crippen molar-refractivity contribution in [3.63, 3.8) is 0 Å². The fourth-order valence-electron chi connectivity index (χ4n) is 3.33. The highest BCUT2D eigenvalue weighted by atomic mass is 32.2. The molecule has 2 heterocycles. The second-order valence-electron chi connectivity index (χ2n) is 6.78. The van der Waals surface area contributed by atoms with Crippen LogP contribution in [0.4, 0.5) is 5.69 Å². The van der Waals surface area contributed by atoms with E-state index in [4.69, 9.17) is 9.73 Å². The van der Waals surface area contributed by atoms with Crippen LogP contribution in [-0.2, 0) is 4.79 Å². The number of carbonyl (C=O) groups excluding carboxylic acids is 1. The first-order valence-corrected chi connectivity index (χ1v) is 11.1. The molecule has 1 atom stereocenters. The molecular weight excluding hydrogens is 402 g/mol. The molecule has 2 aromatic carbocycles. The van der Waals surface area contributed by atoms with Crippen molar-refractivity contribution in [1.29, 1.82) is 0 Å². The van der Waals surface area contributed by atoms with Crippen LogP contribution >= 0.6 is 23.5 Å². The molecule has 0 spiro atoms. The topological polar surface area (TPSA) is 45.1 Å². The van der Waals surface area contributed by atoms with Gasteiger partial charge in [-0.2, -0.15) is 0 Å². The summed E-state index contributed by atoms with van der Waals surface area (Å²) in [5.74, 6) is 0.826. The molecular formula is C22H23N3O2S2. The summed E-state index contributed by atoms with van der Waals surface area (Å²) in [5.41, 5.74) is 2.19. The van der Waals surface area contributed by atoms with Gasteiger partial charge in [-0.3, -0.25) is 14.7 Å². The van der Waals surface area contributed by atoms with Crippen LogP contribution in [0.3, 0.4) is 0 Å². The number of carbonyl (C=O) groups is 1. The number of ether oxygens (including phenoxy) is 1. The van der Waals surface area contributed by atoms with Gasteiger partial charge in [0.05, 0.1) is 23.9 Å². The molecule has 5 nitrogen and oxygen atoms in total. The van der Waals surface area contributed by atoms with Gasteiger partial charge in [-0.1, -0.05) is 42.1 Å². The average molecular weight is 426 g/mol. The molecule has 4 rings (SSSR count). The van der Waals surface area contributed by atoms with Crippen LogP contribution in [0.15, 0.2) is 68.4 Å². The Morgan fingerprint density at radius 3 is 2.59 bits per heavy atom. The van der Waals surface area contributed by atoms with Gasteiger partial charge in [0.15, 0.2) is 5.17 Å². The molecule has 150 valence electrons. The first-order chi connectivity index (χ1) is 14.0. The lowest BCUT2D eigenvalue weighted by Crippen LogP contribution is -2.29. The fourth-order valence-corrected chi connectivity index (χ4v) is 5.78. The summed E-state index contributed by atoms with van der Waals surface area (Å²) in [5, 5.41) is 1.71. The largest absolute Gasteiger partial charge is 0.497 e. The van der Waals surface area contributed by atoms with Crippen molar-refractivity contribution in [2.45, 2.75) is 24.8 Å². The number of likely N-dealkylation sites (N-methyl/N-ethyl adjacent to an activating group) is 1. The van der Waals surface area contributed by atoms with Gasteiger partial charge in [-0.15, -0.1) is 0 Å². The van der Waals surface area contributed by atoms with Gasteiger partial charge in [0.2, 0.25) is 0 Å². The number of thioether (sulfide) groups is 2. The lowest BCUT2D eigenvalue weighted by Gasteiger charge is -2.16. The van der Waals surface area contributed by atoms with E-state index in [1.165, 1.54) is 11.8 Å². The van der Waals surface area contributed by atoms with Crippen molar-refractivity contribution in [1.82, 2.24) is 4.90 Å². The molecule has 2 aliphatic heterocycles. The number of fused-ring (bicyclic) bond motifs is 1. The summed E-state index contributed by atoms with van der Waals surface area (Å²) in [6, 6.07) is 16.1. The summed E-state index contributed by atoms with van der Waals surface area (Å²) in [7, 11) is 3.65. The highest BCUT2D eigenvalue weighted by Gasteiger charge is 2.38. The summed E-state index contributed by atoms with van der Waals surface area (Å²) in [6.45, 7) is 4.64. The second-order valence-corrected chi connectivity index (χ2v) is 8.79. The van der Waals surface area contributed by atoms with Crippen LogP contribution in [0, 0.1) is 0 Å². The van der Waals surface area contributed by atoms with Crippen molar-refractivity contribution in [3.8, 4) is 5.75 Å². The molecule has 0 saturated carbocycles. The zero-order valence-electron chi connectivity index (χ0n) is 16.9. The normalized spacial score (nSPS) is 21.1. The molecule has 0 aliphatic carbocycles. The number of amides is 1. The van der Waals surface area contributed by atoms with Gasteiger partial charge < -0.3 is 9.64 Å². The Morgan fingerprint density at radius 1 is 1.14 bits per heavy atom. The number of amidine groups is 1. The number of nitrogens with zero attached hydrogens (tertiary/aromatic N) is 3. The van der Waals surface area contributed by atoms with E-state index in [9.17, 15) is 4.79 Å². The van der Waals surface area contributed by atoms with E-state index in [2.05, 4.69) is 24.0 Å². The third-order valence-electron chi connectivity index (χ3n) is 5.00. The predicted molar refractivity (Wildman–Crippen MR) is 122 cm³/mol. The van der Waals surface area contributed by atoms with E-state index in [-0.39, 0.29) is 11.9 Å². The van der Waals surface area contributed by atoms with Crippen molar-refractivity contribution in [3.05, 3.63) is 64.0 Å². The van der Waals surface area contributed by atoms with E-state index in [0.29, 0.717) is 6.54 Å². The van der Waals surface area contributed by atoms with Gasteiger partial charge in [-0.25, -0.2) is 0 Å². The second kappa shape index (κ2) is 8.16. The van der Waals surface area contributed by atoms with Gasteiger partial charge in [0, 0.05) is 24.6 Å². The molecule has 1 saturated heterocycles. The Kier molecular flexibility index (Phi) is 5.61. The smallest absolute Gasteiger partial charge is 0.269 e. The summed E-state index contributed by atoms with van der Waals surface area (Å²) in [4.78, 5) is 23.7. The zero-order chi connectivity index (χ0) is 20.5. The SMILES string of the molecule is CCN1C(=O)/C(=C2/Sc3ccc(OC)cc3N2C)SC1=N[C@@H](C)c1ccccc1. The van der Waals surface area contributed by atoms with Crippen molar-refractivity contribution in [2.24, 2.45) is 4.99 Å². The zero-order valence-corrected chi connectivity index (χ0v) is 18.5. The molecule has 1 fully saturated rings. The number of methoxy groups -OCH3 is 1. The monoisotopic (exact) mass is 425 g/mol. The van der Waals surface area contributed by atoms with Crippen LogP contribution in [0.1, 0.15) is 25.5 Å². The standard InChI is InChI=1S/C22H23N3O2S2/c1-5-25-20(26)19(29-22(25)23-14(2)15-9-7-6-8-10-15)21-24(3)17-13-16(27-4)11-12-18(17)28-21/h6-14H,5H2,1-4H3/b21-19-,23-22?/t14-/m0/s1. The summed E-state index contributed by atoms with van der Waals surface area (Å²) < 4.78 is 5.36. The molecule has 2 aromatic rings. The van der Waals surface area contributed by atoms with Crippen LogP contribution in [0.2, 0.25) is 0 Å². The number of benzene rings is 2. The van der Waals surface area contributed by atoms with E-state index in [0.717, 1.165) is 37.0 Å². The maximum absolute atomic E-state index is 13.2. The summed E-state index contributed by atoms with van der Waals surface area (Å²) in [6.07, 6.45) is 0. The molecule has 1 amide bonds. The highest BCUT2D eigenvalue weighted by molar-refractivity contribution is 8.19. The quantitative estimate of drug-likeness (QED) is 0.636. The maximum Gasteiger partial charge on any atom is 0.269 e. The van der Waals surface area contributed by atoms with Gasteiger partial charge in [-0.05, 0) is 43.3 Å². The van der Waals surface area contributed by atoms with Crippen LogP contribution in [0.5, 0.6) is 5.75 Å². The molecule has 29 heavy (non-hydrogen) atoms. The number of aliphatic imine (C=N–C) groups is 1. The highest BCUT2D eigenvalue weighted by Crippen LogP contribution is 2.51. The van der Waals surface area contributed by atoms with Crippen molar-refractivity contribution in [2.75, 3.05) is 25.6 Å². The number of hydrogen-bond donors (Lipinski definition) is 0. The third kappa shape index (κ3) is 3.65. The molecule has 0 radical (unpaired) electrons. The Balaban J connectivity index is 1.67. The minimum Gasteiger partial charge on any atom is -0.497 e. The minimum absolute atomic E-state index is 0.0136. The molecule has 2 aliphatic rings. The maximum atomic E-state index is 13.2. The van der Waals surface area contributed by atoms with E-state index < -0.39 is 0 Å². The Bertz CT molecular complexity index is 1000. The molecule has 0 aromatic heterocycles. The Hall–Kier alpha value is -2.38.